The molecule has 17 heavy (non-hydrogen) atoms. The van der Waals surface area contributed by atoms with Gasteiger partial charge in [-0.05, 0) is 36.1 Å². The molecule has 0 aliphatic heterocycles. The fourth-order valence-electron chi connectivity index (χ4n) is 1.55. The lowest BCUT2D eigenvalue weighted by Gasteiger charge is -2.11. The van der Waals surface area contributed by atoms with Gasteiger partial charge in [-0.3, -0.25) is 0 Å². The van der Waals surface area contributed by atoms with E-state index in [1.54, 1.807) is 17.5 Å². The van der Waals surface area contributed by atoms with Crippen LogP contribution in [0, 0.1) is 11.3 Å². The summed E-state index contributed by atoms with van der Waals surface area (Å²) in [4.78, 5) is 5.27. The Bertz CT molecular complexity index is 514. The van der Waals surface area contributed by atoms with Gasteiger partial charge in [-0.25, -0.2) is 4.98 Å². The Hall–Kier alpha value is -1.70. The van der Waals surface area contributed by atoms with Crippen LogP contribution in [0.1, 0.15) is 29.1 Å². The quantitative estimate of drug-likeness (QED) is 0.898. The zero-order valence-electron chi connectivity index (χ0n) is 9.55. The molecule has 4 heteroatoms. The standard InChI is InChI=1S/C13H13N3S/c1-10(13-3-2-6-17-13)16-9-11-4-5-15-12(7-11)8-14/h2-7,10,16H,9H2,1H3. The van der Waals surface area contributed by atoms with Crippen molar-refractivity contribution in [2.45, 2.75) is 19.5 Å². The van der Waals surface area contributed by atoms with Crippen molar-refractivity contribution in [1.29, 1.82) is 5.26 Å². The van der Waals surface area contributed by atoms with Gasteiger partial charge in [-0.15, -0.1) is 11.3 Å². The largest absolute Gasteiger partial charge is 0.305 e. The van der Waals surface area contributed by atoms with Crippen molar-refractivity contribution < 1.29 is 0 Å². The van der Waals surface area contributed by atoms with E-state index >= 15 is 0 Å². The maximum Gasteiger partial charge on any atom is 0.140 e. The minimum Gasteiger partial charge on any atom is -0.305 e. The predicted octanol–water partition coefficient (Wildman–Crippen LogP) is 2.87. The van der Waals surface area contributed by atoms with Gasteiger partial charge in [0.2, 0.25) is 0 Å². The molecule has 0 bridgehead atoms. The van der Waals surface area contributed by atoms with Crippen LogP contribution in [0.2, 0.25) is 0 Å². The molecule has 0 aromatic carbocycles. The van der Waals surface area contributed by atoms with Crippen molar-refractivity contribution >= 4 is 11.3 Å². The molecule has 1 atom stereocenters. The number of rotatable bonds is 4. The van der Waals surface area contributed by atoms with Crippen LogP contribution >= 0.6 is 11.3 Å². The lowest BCUT2D eigenvalue weighted by Crippen LogP contribution is -2.17. The molecule has 2 aromatic rings. The summed E-state index contributed by atoms with van der Waals surface area (Å²) in [5, 5.41) is 14.3. The summed E-state index contributed by atoms with van der Waals surface area (Å²) in [5.74, 6) is 0. The smallest absolute Gasteiger partial charge is 0.140 e. The van der Waals surface area contributed by atoms with Crippen molar-refractivity contribution in [1.82, 2.24) is 10.3 Å². The molecular formula is C13H13N3S. The molecule has 0 saturated carbocycles. The summed E-state index contributed by atoms with van der Waals surface area (Å²) in [6.07, 6.45) is 1.67. The van der Waals surface area contributed by atoms with Crippen molar-refractivity contribution in [3.63, 3.8) is 0 Å². The zero-order chi connectivity index (χ0) is 12.1. The third kappa shape index (κ3) is 3.13. The number of hydrogen-bond acceptors (Lipinski definition) is 4. The second-order valence-corrected chi connectivity index (χ2v) is 4.76. The summed E-state index contributed by atoms with van der Waals surface area (Å²) in [7, 11) is 0. The number of hydrogen-bond donors (Lipinski definition) is 1. The molecule has 0 saturated heterocycles. The first kappa shape index (κ1) is 11.8. The fourth-order valence-corrected chi connectivity index (χ4v) is 2.31. The Labute approximate surface area is 105 Å². The molecule has 0 amide bonds. The van der Waals surface area contributed by atoms with E-state index < -0.39 is 0 Å². The molecule has 2 heterocycles. The Morgan fingerprint density at radius 3 is 3.12 bits per heavy atom. The van der Waals surface area contributed by atoms with Gasteiger partial charge < -0.3 is 5.32 Å². The lowest BCUT2D eigenvalue weighted by atomic mass is 10.2. The van der Waals surface area contributed by atoms with Crippen molar-refractivity contribution in [2.75, 3.05) is 0 Å². The van der Waals surface area contributed by atoms with Crippen LogP contribution in [0.3, 0.4) is 0 Å². The number of nitrogens with one attached hydrogen (secondary N) is 1. The van der Waals surface area contributed by atoms with E-state index in [1.807, 2.05) is 18.2 Å². The van der Waals surface area contributed by atoms with E-state index in [9.17, 15) is 0 Å². The molecule has 1 N–H and O–H groups in total. The fraction of sp³-hybridized carbons (Fsp3) is 0.231. The molecule has 0 aliphatic carbocycles. The van der Waals surface area contributed by atoms with E-state index in [4.69, 9.17) is 5.26 Å². The SMILES string of the molecule is CC(NCc1ccnc(C#N)c1)c1cccs1. The normalized spacial score (nSPS) is 12.0. The Balaban J connectivity index is 1.96. The molecule has 3 nitrogen and oxygen atoms in total. The maximum atomic E-state index is 8.76. The monoisotopic (exact) mass is 243 g/mol. The van der Waals surface area contributed by atoms with E-state index in [-0.39, 0.29) is 0 Å². The molecule has 0 fully saturated rings. The van der Waals surface area contributed by atoms with Gasteiger partial charge in [0.1, 0.15) is 11.8 Å². The first-order valence-corrected chi connectivity index (χ1v) is 6.29. The van der Waals surface area contributed by atoms with Crippen LogP contribution in [0.25, 0.3) is 0 Å². The second kappa shape index (κ2) is 5.58. The topological polar surface area (TPSA) is 48.7 Å². The number of pyridine rings is 1. The number of thiophene rings is 1. The first-order valence-electron chi connectivity index (χ1n) is 5.41. The minimum absolute atomic E-state index is 0.328. The maximum absolute atomic E-state index is 8.76. The molecule has 2 rings (SSSR count). The van der Waals surface area contributed by atoms with Gasteiger partial charge in [0, 0.05) is 23.7 Å². The molecule has 2 aromatic heterocycles. The predicted molar refractivity (Wildman–Crippen MR) is 68.5 cm³/mol. The van der Waals surface area contributed by atoms with Gasteiger partial charge in [0.15, 0.2) is 0 Å². The average molecular weight is 243 g/mol. The summed E-state index contributed by atoms with van der Waals surface area (Å²) in [6.45, 7) is 2.88. The highest BCUT2D eigenvalue weighted by Crippen LogP contribution is 2.18. The highest BCUT2D eigenvalue weighted by molar-refractivity contribution is 7.10. The van der Waals surface area contributed by atoms with E-state index in [0.717, 1.165) is 12.1 Å². The van der Waals surface area contributed by atoms with E-state index in [0.29, 0.717) is 11.7 Å². The van der Waals surface area contributed by atoms with Gasteiger partial charge in [-0.2, -0.15) is 5.26 Å². The number of aromatic nitrogens is 1. The zero-order valence-corrected chi connectivity index (χ0v) is 10.4. The molecule has 1 unspecified atom stereocenters. The third-order valence-corrected chi connectivity index (χ3v) is 3.58. The van der Waals surface area contributed by atoms with Gasteiger partial charge in [-0.1, -0.05) is 6.07 Å². The molecule has 0 radical (unpaired) electrons. The van der Waals surface area contributed by atoms with Crippen molar-refractivity contribution in [2.24, 2.45) is 0 Å². The molecule has 86 valence electrons. The average Bonchev–Trinajstić information content (AvgIpc) is 2.90. The van der Waals surface area contributed by atoms with Crippen LogP contribution < -0.4 is 5.32 Å². The third-order valence-electron chi connectivity index (χ3n) is 2.52. The first-order chi connectivity index (χ1) is 8.29. The number of nitriles is 1. The van der Waals surface area contributed by atoms with Gasteiger partial charge in [0.25, 0.3) is 0 Å². The Kier molecular flexibility index (Phi) is 3.86. The summed E-state index contributed by atoms with van der Waals surface area (Å²) in [6, 6.07) is 10.3. The van der Waals surface area contributed by atoms with Crippen LogP contribution in [0.15, 0.2) is 35.8 Å². The van der Waals surface area contributed by atoms with Crippen molar-refractivity contribution in [3.05, 3.63) is 52.0 Å². The summed E-state index contributed by atoms with van der Waals surface area (Å²) >= 11 is 1.75. The van der Waals surface area contributed by atoms with Crippen LogP contribution in [0.4, 0.5) is 0 Å². The lowest BCUT2D eigenvalue weighted by molar-refractivity contribution is 0.582. The Morgan fingerprint density at radius 1 is 1.53 bits per heavy atom. The molecule has 0 spiro atoms. The van der Waals surface area contributed by atoms with Gasteiger partial charge in [0.05, 0.1) is 0 Å². The van der Waals surface area contributed by atoms with Crippen LogP contribution in [-0.2, 0) is 6.54 Å². The van der Waals surface area contributed by atoms with Crippen LogP contribution in [0.5, 0.6) is 0 Å². The second-order valence-electron chi connectivity index (χ2n) is 3.78. The Morgan fingerprint density at radius 2 is 2.41 bits per heavy atom. The summed E-state index contributed by atoms with van der Waals surface area (Å²) in [5.41, 5.74) is 1.55. The van der Waals surface area contributed by atoms with E-state index in [1.165, 1.54) is 4.88 Å². The van der Waals surface area contributed by atoms with Crippen LogP contribution in [-0.4, -0.2) is 4.98 Å². The van der Waals surface area contributed by atoms with Gasteiger partial charge >= 0.3 is 0 Å². The highest BCUT2D eigenvalue weighted by Gasteiger charge is 2.05. The highest BCUT2D eigenvalue weighted by atomic mass is 32.1. The minimum atomic E-state index is 0.328. The van der Waals surface area contributed by atoms with E-state index in [2.05, 4.69) is 34.7 Å². The van der Waals surface area contributed by atoms with Crippen molar-refractivity contribution in [3.8, 4) is 6.07 Å². The molecule has 0 aliphatic rings. The molecular weight excluding hydrogens is 230 g/mol. The summed E-state index contributed by atoms with van der Waals surface area (Å²) < 4.78 is 0. The number of nitrogens with zero attached hydrogens (tertiary/aromatic N) is 2.